The van der Waals surface area contributed by atoms with Crippen LogP contribution in [-0.4, -0.2) is 63.3 Å². The zero-order chi connectivity index (χ0) is 20.8. The summed E-state index contributed by atoms with van der Waals surface area (Å²) < 4.78 is 18.7. The van der Waals surface area contributed by atoms with Crippen molar-refractivity contribution < 1.29 is 18.7 Å². The van der Waals surface area contributed by atoms with Gasteiger partial charge >= 0.3 is 6.09 Å². The highest BCUT2D eigenvalue weighted by molar-refractivity contribution is 7.17. The maximum atomic E-state index is 13.4. The lowest BCUT2D eigenvalue weighted by atomic mass is 10.1. The van der Waals surface area contributed by atoms with Crippen LogP contribution in [0.4, 0.5) is 15.0 Å². The number of carbonyl (C=O) groups excluding carboxylic acids is 2. The highest BCUT2D eigenvalue weighted by Gasteiger charge is 2.35. The zero-order valence-electron chi connectivity index (χ0n) is 16.5. The summed E-state index contributed by atoms with van der Waals surface area (Å²) in [5, 5.41) is 0.568. The Kier molecular flexibility index (Phi) is 4.97. The third-order valence-corrected chi connectivity index (χ3v) is 5.74. The number of aromatic nitrogens is 3. The van der Waals surface area contributed by atoms with Gasteiger partial charge in [-0.25, -0.2) is 29.0 Å². The number of alkyl halides is 1. The van der Waals surface area contributed by atoms with Crippen LogP contribution in [0, 0.1) is 0 Å². The van der Waals surface area contributed by atoms with Gasteiger partial charge in [0.05, 0.1) is 24.6 Å². The van der Waals surface area contributed by atoms with Crippen molar-refractivity contribution in [1.82, 2.24) is 19.9 Å². The Hall–Kier alpha value is -2.62. The van der Waals surface area contributed by atoms with Crippen LogP contribution in [0.3, 0.4) is 0 Å². The minimum absolute atomic E-state index is 0.230. The Bertz CT molecular complexity index is 940. The van der Waals surface area contributed by atoms with Crippen molar-refractivity contribution in [3.05, 3.63) is 23.0 Å². The molecule has 0 bridgehead atoms. The fraction of sp³-hybridized carbons (Fsp3) is 0.526. The van der Waals surface area contributed by atoms with Crippen LogP contribution in [0.5, 0.6) is 0 Å². The number of imide groups is 1. The molecule has 0 radical (unpaired) electrons. The number of hydrogen-bond donors (Lipinski definition) is 0. The summed E-state index contributed by atoms with van der Waals surface area (Å²) in [6.45, 7) is 6.45. The highest BCUT2D eigenvalue weighted by Crippen LogP contribution is 2.31. The third-order valence-electron chi connectivity index (χ3n) is 4.63. The second-order valence-corrected chi connectivity index (χ2v) is 9.07. The molecular formula is C19H22FN5O3S. The first-order chi connectivity index (χ1) is 13.7. The second kappa shape index (κ2) is 7.33. The summed E-state index contributed by atoms with van der Waals surface area (Å²) in [6.07, 6.45) is 2.67. The number of anilines is 1. The van der Waals surface area contributed by atoms with Crippen molar-refractivity contribution in [1.29, 1.82) is 0 Å². The van der Waals surface area contributed by atoms with E-state index in [2.05, 4.69) is 15.0 Å². The minimum atomic E-state index is -0.832. The van der Waals surface area contributed by atoms with Crippen molar-refractivity contribution in [3.63, 3.8) is 0 Å². The van der Waals surface area contributed by atoms with Gasteiger partial charge in [-0.05, 0) is 27.2 Å². The smallest absolute Gasteiger partial charge is 0.417 e. The molecule has 4 rings (SSSR count). The number of amides is 2. The molecule has 0 unspecified atom stereocenters. The maximum Gasteiger partial charge on any atom is 0.417 e. The van der Waals surface area contributed by atoms with Gasteiger partial charge in [0.2, 0.25) is 0 Å². The van der Waals surface area contributed by atoms with Crippen molar-refractivity contribution >= 4 is 29.2 Å². The number of halogens is 1. The first-order valence-corrected chi connectivity index (χ1v) is 10.3. The molecule has 2 aromatic rings. The molecule has 29 heavy (non-hydrogen) atoms. The predicted octanol–water partition coefficient (Wildman–Crippen LogP) is 3.08. The third kappa shape index (κ3) is 4.07. The molecule has 0 saturated carbocycles. The molecule has 4 heterocycles. The van der Waals surface area contributed by atoms with Gasteiger partial charge < -0.3 is 9.64 Å². The molecule has 0 spiro atoms. The summed E-state index contributed by atoms with van der Waals surface area (Å²) in [7, 11) is 0. The van der Waals surface area contributed by atoms with Gasteiger partial charge in [-0.2, -0.15) is 0 Å². The molecule has 0 N–H and O–H groups in total. The van der Waals surface area contributed by atoms with E-state index in [0.29, 0.717) is 53.0 Å². The average Bonchev–Trinajstić information content (AvgIpc) is 3.27. The largest absolute Gasteiger partial charge is 0.443 e. The first kappa shape index (κ1) is 19.7. The van der Waals surface area contributed by atoms with E-state index in [9.17, 15) is 14.0 Å². The van der Waals surface area contributed by atoms with Gasteiger partial charge in [-0.1, -0.05) is 0 Å². The Morgan fingerprint density at radius 3 is 2.69 bits per heavy atom. The van der Waals surface area contributed by atoms with Crippen LogP contribution in [0.2, 0.25) is 0 Å². The number of thiazole rings is 1. The predicted molar refractivity (Wildman–Crippen MR) is 106 cm³/mol. The Morgan fingerprint density at radius 2 is 2.07 bits per heavy atom. The quantitative estimate of drug-likeness (QED) is 0.739. The van der Waals surface area contributed by atoms with E-state index in [0.717, 1.165) is 4.90 Å². The van der Waals surface area contributed by atoms with Gasteiger partial charge in [0.25, 0.3) is 5.91 Å². The van der Waals surface area contributed by atoms with E-state index in [1.807, 2.05) is 4.90 Å². The number of ether oxygens (including phenoxy) is 1. The zero-order valence-corrected chi connectivity index (χ0v) is 17.3. The fourth-order valence-corrected chi connectivity index (χ4v) is 4.27. The lowest BCUT2D eigenvalue weighted by molar-refractivity contribution is 0.0235. The van der Waals surface area contributed by atoms with Crippen LogP contribution in [0.15, 0.2) is 12.4 Å². The van der Waals surface area contributed by atoms with Crippen molar-refractivity contribution in [2.24, 2.45) is 0 Å². The van der Waals surface area contributed by atoms with Crippen LogP contribution in [0.1, 0.15) is 42.6 Å². The molecule has 1 fully saturated rings. The number of hydrogen-bond acceptors (Lipinski definition) is 8. The van der Waals surface area contributed by atoms with Crippen molar-refractivity contribution in [2.75, 3.05) is 24.5 Å². The van der Waals surface area contributed by atoms with Crippen LogP contribution >= 0.6 is 11.3 Å². The fourth-order valence-electron chi connectivity index (χ4n) is 3.25. The Labute approximate surface area is 171 Å². The molecule has 10 heteroatoms. The Morgan fingerprint density at radius 1 is 1.28 bits per heavy atom. The molecule has 154 valence electrons. The average molecular weight is 419 g/mol. The molecule has 2 amide bonds. The van der Waals surface area contributed by atoms with E-state index < -0.39 is 23.8 Å². The van der Waals surface area contributed by atoms with E-state index in [-0.39, 0.29) is 6.54 Å². The second-order valence-electron chi connectivity index (χ2n) is 8.07. The SMILES string of the molecule is CC(C)(C)OC(=O)N1CCc2nc(-c3cnc(N4CC[C@H](F)C4)cn3)sc2C1=O. The number of carbonyl (C=O) groups is 2. The van der Waals surface area contributed by atoms with E-state index in [1.54, 1.807) is 33.2 Å². The van der Waals surface area contributed by atoms with Gasteiger partial charge in [0.15, 0.2) is 0 Å². The topological polar surface area (TPSA) is 88.5 Å². The van der Waals surface area contributed by atoms with Crippen LogP contribution in [-0.2, 0) is 11.2 Å². The highest BCUT2D eigenvalue weighted by atomic mass is 32.1. The lowest BCUT2D eigenvalue weighted by Crippen LogP contribution is -2.44. The van der Waals surface area contributed by atoms with Crippen LogP contribution < -0.4 is 4.90 Å². The summed E-state index contributed by atoms with van der Waals surface area (Å²) in [4.78, 5) is 41.8. The molecule has 1 atom stereocenters. The van der Waals surface area contributed by atoms with E-state index >= 15 is 0 Å². The molecule has 2 aliphatic rings. The maximum absolute atomic E-state index is 13.4. The van der Waals surface area contributed by atoms with Gasteiger partial charge in [-0.3, -0.25) is 4.79 Å². The molecule has 0 aromatic carbocycles. The van der Waals surface area contributed by atoms with E-state index in [4.69, 9.17) is 4.74 Å². The first-order valence-electron chi connectivity index (χ1n) is 9.47. The summed E-state index contributed by atoms with van der Waals surface area (Å²) in [5.74, 6) is 0.224. The van der Waals surface area contributed by atoms with Gasteiger partial charge in [0, 0.05) is 19.5 Å². The lowest BCUT2D eigenvalue weighted by Gasteiger charge is -2.27. The molecule has 2 aliphatic heterocycles. The molecule has 1 saturated heterocycles. The Balaban J connectivity index is 1.52. The van der Waals surface area contributed by atoms with Crippen molar-refractivity contribution in [2.45, 2.75) is 45.4 Å². The number of nitrogens with zero attached hydrogens (tertiary/aromatic N) is 5. The molecule has 2 aromatic heterocycles. The standard InChI is InChI=1S/C19H22FN5O3S/c1-19(2,3)28-18(27)25-7-5-12-15(17(25)26)29-16(23-12)13-8-22-14(9-21-13)24-6-4-11(20)10-24/h8-9,11H,4-7,10H2,1-3H3/t11-/m0/s1. The molecule has 0 aliphatic carbocycles. The summed E-state index contributed by atoms with van der Waals surface area (Å²) >= 11 is 1.19. The van der Waals surface area contributed by atoms with Gasteiger partial charge in [-0.15, -0.1) is 11.3 Å². The number of rotatable bonds is 2. The van der Waals surface area contributed by atoms with Crippen molar-refractivity contribution in [3.8, 4) is 10.7 Å². The summed E-state index contributed by atoms with van der Waals surface area (Å²) in [6, 6.07) is 0. The normalized spacial score (nSPS) is 19.4. The van der Waals surface area contributed by atoms with Gasteiger partial charge in [0.1, 0.15) is 33.2 Å². The monoisotopic (exact) mass is 419 g/mol. The van der Waals surface area contributed by atoms with E-state index in [1.165, 1.54) is 11.3 Å². The van der Waals surface area contributed by atoms with Crippen LogP contribution in [0.25, 0.3) is 10.7 Å². The molecule has 8 nitrogen and oxygen atoms in total. The molecular weight excluding hydrogens is 397 g/mol. The number of fused-ring (bicyclic) bond motifs is 1. The summed E-state index contributed by atoms with van der Waals surface area (Å²) in [5.41, 5.74) is 0.520. The minimum Gasteiger partial charge on any atom is -0.443 e.